The summed E-state index contributed by atoms with van der Waals surface area (Å²) in [5, 5.41) is 0.578. The van der Waals surface area contributed by atoms with Crippen LogP contribution in [0.3, 0.4) is 0 Å². The van der Waals surface area contributed by atoms with Crippen molar-refractivity contribution in [1.29, 1.82) is 0 Å². The van der Waals surface area contributed by atoms with Gasteiger partial charge in [0, 0.05) is 17.5 Å². The molecule has 0 saturated carbocycles. The quantitative estimate of drug-likeness (QED) is 0.667. The van der Waals surface area contributed by atoms with Gasteiger partial charge in [-0.3, -0.25) is 4.79 Å². The summed E-state index contributed by atoms with van der Waals surface area (Å²) in [4.78, 5) is 14.9. The Morgan fingerprint density at radius 3 is 3.07 bits per heavy atom. The first-order valence-corrected chi connectivity index (χ1v) is 4.55. The molecular formula is C10H8ClNO2. The smallest absolute Gasteiger partial charge is 0.186 e. The highest BCUT2D eigenvalue weighted by atomic mass is 35.5. The van der Waals surface area contributed by atoms with E-state index >= 15 is 0 Å². The highest BCUT2D eigenvalue weighted by molar-refractivity contribution is 6.30. The number of carbonyl (C=O) groups excluding carboxylic acids is 1. The summed E-state index contributed by atoms with van der Waals surface area (Å²) in [6, 6.07) is 5.22. The molecule has 1 aromatic carbocycles. The zero-order valence-corrected chi connectivity index (χ0v) is 8.28. The van der Waals surface area contributed by atoms with Crippen molar-refractivity contribution in [2.45, 2.75) is 13.0 Å². The van der Waals surface area contributed by atoms with Crippen molar-refractivity contribution in [2.75, 3.05) is 0 Å². The van der Waals surface area contributed by atoms with Crippen LogP contribution in [0.5, 0.6) is 0 Å². The second-order valence-corrected chi connectivity index (χ2v) is 3.44. The molecule has 72 valence electrons. The van der Waals surface area contributed by atoms with E-state index < -0.39 is 6.10 Å². The molecule has 0 aliphatic carbocycles. The van der Waals surface area contributed by atoms with E-state index in [1.165, 1.54) is 0 Å². The second-order valence-electron chi connectivity index (χ2n) is 3.01. The topological polar surface area (TPSA) is 38.7 Å². The van der Waals surface area contributed by atoms with E-state index in [4.69, 9.17) is 16.3 Å². The molecule has 0 amide bonds. The Balaban J connectivity index is 2.57. The third-order valence-electron chi connectivity index (χ3n) is 2.00. The van der Waals surface area contributed by atoms with Gasteiger partial charge in [-0.15, -0.1) is 0 Å². The van der Waals surface area contributed by atoms with Crippen molar-refractivity contribution < 1.29 is 9.53 Å². The summed E-state index contributed by atoms with van der Waals surface area (Å²) < 4.78 is 5.24. The number of benzene rings is 1. The molecule has 1 aliphatic heterocycles. The fourth-order valence-corrected chi connectivity index (χ4v) is 1.58. The molecular weight excluding hydrogens is 202 g/mol. The SMILES string of the molecule is CC1=Nc2ccc(Cl)cc2C(C=O)O1. The zero-order chi connectivity index (χ0) is 10.1. The van der Waals surface area contributed by atoms with Crippen LogP contribution in [0.2, 0.25) is 5.02 Å². The Bertz CT molecular complexity index is 415. The highest BCUT2D eigenvalue weighted by Gasteiger charge is 2.21. The molecule has 0 aromatic heterocycles. The third kappa shape index (κ3) is 1.51. The van der Waals surface area contributed by atoms with E-state index in [0.717, 1.165) is 17.5 Å². The zero-order valence-electron chi connectivity index (χ0n) is 7.53. The lowest BCUT2D eigenvalue weighted by molar-refractivity contribution is -0.114. The van der Waals surface area contributed by atoms with Gasteiger partial charge in [-0.1, -0.05) is 11.6 Å². The monoisotopic (exact) mass is 209 g/mol. The van der Waals surface area contributed by atoms with E-state index in [9.17, 15) is 4.79 Å². The molecule has 1 atom stereocenters. The normalized spacial score (nSPS) is 19.3. The first-order valence-electron chi connectivity index (χ1n) is 4.17. The summed E-state index contributed by atoms with van der Waals surface area (Å²) in [7, 11) is 0. The molecule has 1 aromatic rings. The summed E-state index contributed by atoms with van der Waals surface area (Å²) in [6.07, 6.45) is 0.161. The van der Waals surface area contributed by atoms with Crippen molar-refractivity contribution in [2.24, 2.45) is 4.99 Å². The predicted molar refractivity (Wildman–Crippen MR) is 54.1 cm³/mol. The van der Waals surface area contributed by atoms with Gasteiger partial charge in [0.1, 0.15) is 0 Å². The first kappa shape index (κ1) is 9.21. The van der Waals surface area contributed by atoms with Crippen molar-refractivity contribution in [3.63, 3.8) is 0 Å². The lowest BCUT2D eigenvalue weighted by Gasteiger charge is -2.20. The number of aldehydes is 1. The number of hydrogen-bond acceptors (Lipinski definition) is 3. The lowest BCUT2D eigenvalue weighted by Crippen LogP contribution is -2.14. The number of aliphatic imine (C=N–C) groups is 1. The fraction of sp³-hybridized carbons (Fsp3) is 0.200. The van der Waals surface area contributed by atoms with Gasteiger partial charge in [-0.05, 0) is 18.2 Å². The van der Waals surface area contributed by atoms with Gasteiger partial charge in [-0.25, -0.2) is 4.99 Å². The van der Waals surface area contributed by atoms with E-state index in [1.807, 2.05) is 0 Å². The number of fused-ring (bicyclic) bond motifs is 1. The van der Waals surface area contributed by atoms with Gasteiger partial charge in [0.05, 0.1) is 5.69 Å². The molecule has 0 spiro atoms. The Kier molecular flexibility index (Phi) is 2.25. The number of hydrogen-bond donors (Lipinski definition) is 0. The van der Waals surface area contributed by atoms with Crippen LogP contribution in [0.1, 0.15) is 18.6 Å². The summed E-state index contributed by atoms with van der Waals surface area (Å²) in [6.45, 7) is 1.72. The maximum absolute atomic E-state index is 10.8. The van der Waals surface area contributed by atoms with Crippen LogP contribution >= 0.6 is 11.6 Å². The largest absolute Gasteiger partial charge is 0.465 e. The summed E-state index contributed by atoms with van der Waals surface area (Å²) in [5.74, 6) is 0.497. The molecule has 0 fully saturated rings. The second kappa shape index (κ2) is 3.42. The van der Waals surface area contributed by atoms with Crippen molar-refractivity contribution in [3.8, 4) is 0 Å². The average Bonchev–Trinajstić information content (AvgIpc) is 2.17. The first-order chi connectivity index (χ1) is 6.70. The Hall–Kier alpha value is -1.35. The fourth-order valence-electron chi connectivity index (χ4n) is 1.40. The van der Waals surface area contributed by atoms with Crippen LogP contribution in [0.4, 0.5) is 5.69 Å². The number of ether oxygens (including phenoxy) is 1. The van der Waals surface area contributed by atoms with Crippen LogP contribution in [-0.2, 0) is 9.53 Å². The van der Waals surface area contributed by atoms with Crippen molar-refractivity contribution >= 4 is 29.5 Å². The minimum absolute atomic E-state index is 0.497. The van der Waals surface area contributed by atoms with Gasteiger partial charge >= 0.3 is 0 Å². The Labute approximate surface area is 86.4 Å². The molecule has 1 heterocycles. The molecule has 0 radical (unpaired) electrons. The summed E-state index contributed by atoms with van der Waals surface area (Å²) in [5.41, 5.74) is 1.47. The van der Waals surface area contributed by atoms with E-state index in [0.29, 0.717) is 10.9 Å². The molecule has 4 heteroatoms. The molecule has 0 bridgehead atoms. The van der Waals surface area contributed by atoms with Crippen LogP contribution in [0, 0.1) is 0 Å². The van der Waals surface area contributed by atoms with Crippen LogP contribution in [0.25, 0.3) is 0 Å². The molecule has 3 nitrogen and oxygen atoms in total. The lowest BCUT2D eigenvalue weighted by atomic mass is 10.1. The Morgan fingerprint density at radius 2 is 2.36 bits per heavy atom. The van der Waals surface area contributed by atoms with E-state index in [1.54, 1.807) is 25.1 Å². The van der Waals surface area contributed by atoms with Gasteiger partial charge in [0.2, 0.25) is 0 Å². The van der Waals surface area contributed by atoms with E-state index in [-0.39, 0.29) is 0 Å². The number of rotatable bonds is 1. The van der Waals surface area contributed by atoms with Crippen LogP contribution in [-0.4, -0.2) is 12.2 Å². The van der Waals surface area contributed by atoms with Crippen molar-refractivity contribution in [1.82, 2.24) is 0 Å². The third-order valence-corrected chi connectivity index (χ3v) is 2.23. The molecule has 2 rings (SSSR count). The minimum atomic E-state index is -0.582. The molecule has 0 N–H and O–H groups in total. The van der Waals surface area contributed by atoms with Crippen molar-refractivity contribution in [3.05, 3.63) is 28.8 Å². The predicted octanol–water partition coefficient (Wildman–Crippen LogP) is 2.66. The van der Waals surface area contributed by atoms with Gasteiger partial charge in [0.15, 0.2) is 18.3 Å². The number of carbonyl (C=O) groups is 1. The molecule has 14 heavy (non-hydrogen) atoms. The van der Waals surface area contributed by atoms with Gasteiger partial charge in [0.25, 0.3) is 0 Å². The van der Waals surface area contributed by atoms with E-state index in [2.05, 4.69) is 4.99 Å². The average molecular weight is 210 g/mol. The van der Waals surface area contributed by atoms with Gasteiger partial charge in [-0.2, -0.15) is 0 Å². The number of halogens is 1. The number of nitrogens with zero attached hydrogens (tertiary/aromatic N) is 1. The molecule has 1 aliphatic rings. The summed E-state index contributed by atoms with van der Waals surface area (Å²) >= 11 is 5.82. The standard InChI is InChI=1S/C10H8ClNO2/c1-6-12-9-3-2-7(11)4-8(9)10(5-13)14-6/h2-5,10H,1H3. The van der Waals surface area contributed by atoms with Crippen LogP contribution in [0.15, 0.2) is 23.2 Å². The molecule has 1 unspecified atom stereocenters. The molecule has 0 saturated heterocycles. The maximum Gasteiger partial charge on any atom is 0.186 e. The minimum Gasteiger partial charge on any atom is -0.465 e. The highest BCUT2D eigenvalue weighted by Crippen LogP contribution is 2.33. The Morgan fingerprint density at radius 1 is 1.57 bits per heavy atom. The van der Waals surface area contributed by atoms with Crippen LogP contribution < -0.4 is 0 Å². The maximum atomic E-state index is 10.8. The van der Waals surface area contributed by atoms with Gasteiger partial charge < -0.3 is 4.74 Å².